The largest absolute Gasteiger partial charge is 0.324 e. The van der Waals surface area contributed by atoms with Gasteiger partial charge in [-0.05, 0) is 35.9 Å². The maximum atomic E-state index is 13.3. The molecule has 0 aliphatic rings. The van der Waals surface area contributed by atoms with E-state index in [0.29, 0.717) is 17.1 Å². The fourth-order valence-electron chi connectivity index (χ4n) is 2.70. The topological polar surface area (TPSA) is 93.5 Å². The van der Waals surface area contributed by atoms with E-state index < -0.39 is 0 Å². The van der Waals surface area contributed by atoms with E-state index in [0.717, 1.165) is 16.8 Å². The number of nitrogens with zero attached hydrogens (tertiary/aromatic N) is 5. The Labute approximate surface area is 165 Å². The second-order valence-electron chi connectivity index (χ2n) is 6.20. The van der Waals surface area contributed by atoms with E-state index in [1.165, 1.54) is 24.5 Å². The second kappa shape index (κ2) is 8.30. The highest BCUT2D eigenvalue weighted by atomic mass is 19.1. The third-order valence-electron chi connectivity index (χ3n) is 4.10. The van der Waals surface area contributed by atoms with Crippen molar-refractivity contribution in [2.75, 3.05) is 5.32 Å². The predicted molar refractivity (Wildman–Crippen MR) is 105 cm³/mol. The molecule has 0 saturated carbocycles. The number of aromatic nitrogens is 5. The van der Waals surface area contributed by atoms with Gasteiger partial charge < -0.3 is 5.32 Å². The van der Waals surface area contributed by atoms with Crippen molar-refractivity contribution in [2.24, 2.45) is 0 Å². The summed E-state index contributed by atoms with van der Waals surface area (Å²) in [6.45, 7) is 0. The number of anilines is 1. The van der Waals surface area contributed by atoms with Gasteiger partial charge in [-0.25, -0.2) is 4.39 Å². The molecule has 142 valence electrons. The summed E-state index contributed by atoms with van der Waals surface area (Å²) in [4.78, 5) is 25.0. The van der Waals surface area contributed by atoms with Crippen molar-refractivity contribution in [3.05, 3.63) is 84.8 Å². The number of pyridine rings is 3. The van der Waals surface area contributed by atoms with Crippen LogP contribution in [0.3, 0.4) is 0 Å². The number of amides is 1. The molecule has 0 aliphatic carbocycles. The first-order valence-electron chi connectivity index (χ1n) is 8.77. The van der Waals surface area contributed by atoms with Crippen molar-refractivity contribution >= 4 is 11.6 Å². The quantitative estimate of drug-likeness (QED) is 0.566. The maximum Gasteiger partial charge on any atom is 0.228 e. The van der Waals surface area contributed by atoms with Gasteiger partial charge in [0.2, 0.25) is 5.91 Å². The van der Waals surface area contributed by atoms with E-state index in [1.54, 1.807) is 30.7 Å². The molecule has 0 unspecified atom stereocenters. The third-order valence-corrected chi connectivity index (χ3v) is 4.10. The van der Waals surface area contributed by atoms with Crippen molar-refractivity contribution in [1.82, 2.24) is 25.1 Å². The molecule has 0 saturated heterocycles. The van der Waals surface area contributed by atoms with Crippen molar-refractivity contribution < 1.29 is 9.18 Å². The first-order chi connectivity index (χ1) is 14.2. The maximum absolute atomic E-state index is 13.3. The van der Waals surface area contributed by atoms with Gasteiger partial charge in [-0.2, -0.15) is 10.2 Å². The van der Waals surface area contributed by atoms with Gasteiger partial charge in [0.1, 0.15) is 5.82 Å². The predicted octanol–water partition coefficient (Wildman–Crippen LogP) is 3.32. The van der Waals surface area contributed by atoms with E-state index in [2.05, 4.69) is 30.5 Å². The van der Waals surface area contributed by atoms with E-state index >= 15 is 0 Å². The molecule has 4 heterocycles. The first kappa shape index (κ1) is 18.3. The Morgan fingerprint density at radius 1 is 0.828 bits per heavy atom. The summed E-state index contributed by atoms with van der Waals surface area (Å²) in [5.74, 6) is -0.572. The average molecular weight is 386 g/mol. The van der Waals surface area contributed by atoms with E-state index in [4.69, 9.17) is 0 Å². The number of hydrogen-bond acceptors (Lipinski definition) is 6. The van der Waals surface area contributed by atoms with Crippen molar-refractivity contribution in [3.8, 4) is 22.6 Å². The van der Waals surface area contributed by atoms with Crippen LogP contribution in [-0.4, -0.2) is 31.1 Å². The number of halogens is 1. The van der Waals surface area contributed by atoms with Crippen LogP contribution in [0.15, 0.2) is 73.4 Å². The zero-order chi connectivity index (χ0) is 20.1. The monoisotopic (exact) mass is 386 g/mol. The Balaban J connectivity index is 1.38. The molecule has 0 atom stereocenters. The Hall–Kier alpha value is -4.07. The van der Waals surface area contributed by atoms with Gasteiger partial charge in [0.25, 0.3) is 0 Å². The minimum Gasteiger partial charge on any atom is -0.324 e. The molecule has 4 aromatic rings. The van der Waals surface area contributed by atoms with E-state index in [9.17, 15) is 9.18 Å². The van der Waals surface area contributed by atoms with Crippen LogP contribution in [-0.2, 0) is 11.2 Å². The Morgan fingerprint density at radius 2 is 1.69 bits per heavy atom. The molecule has 29 heavy (non-hydrogen) atoms. The minimum absolute atomic E-state index is 0.176. The summed E-state index contributed by atoms with van der Waals surface area (Å²) < 4.78 is 13.3. The van der Waals surface area contributed by atoms with Gasteiger partial charge in [-0.15, -0.1) is 0 Å². The Kier molecular flexibility index (Phi) is 5.24. The molecule has 4 aromatic heterocycles. The molecule has 0 spiro atoms. The van der Waals surface area contributed by atoms with Gasteiger partial charge in [0.05, 0.1) is 47.8 Å². The lowest BCUT2D eigenvalue weighted by atomic mass is 10.1. The van der Waals surface area contributed by atoms with Crippen LogP contribution in [0.2, 0.25) is 0 Å². The normalized spacial score (nSPS) is 10.5. The summed E-state index contributed by atoms with van der Waals surface area (Å²) in [6, 6.07) is 11.5. The highest BCUT2D eigenvalue weighted by Gasteiger charge is 2.08. The number of nitrogens with one attached hydrogen (secondary N) is 1. The SMILES string of the molecule is O=C(Cc1ccc(-c2ccnnc2)nc1)Nc1ccc(-c2cc(F)ccn2)nc1. The highest BCUT2D eigenvalue weighted by molar-refractivity contribution is 5.92. The Morgan fingerprint density at radius 3 is 2.38 bits per heavy atom. The molecule has 1 amide bonds. The van der Waals surface area contributed by atoms with Gasteiger partial charge in [0, 0.05) is 24.0 Å². The molecule has 0 aliphatic heterocycles. The van der Waals surface area contributed by atoms with Crippen LogP contribution in [0.25, 0.3) is 22.6 Å². The first-order valence-corrected chi connectivity index (χ1v) is 8.77. The van der Waals surface area contributed by atoms with E-state index in [-0.39, 0.29) is 18.1 Å². The molecule has 8 heteroatoms. The Bertz CT molecular complexity index is 1120. The molecule has 1 N–H and O–H groups in total. The van der Waals surface area contributed by atoms with Crippen LogP contribution >= 0.6 is 0 Å². The van der Waals surface area contributed by atoms with Gasteiger partial charge >= 0.3 is 0 Å². The zero-order valence-corrected chi connectivity index (χ0v) is 15.2. The average Bonchev–Trinajstić information content (AvgIpc) is 2.75. The van der Waals surface area contributed by atoms with Crippen molar-refractivity contribution in [1.29, 1.82) is 0 Å². The van der Waals surface area contributed by atoms with Crippen LogP contribution in [0.4, 0.5) is 10.1 Å². The van der Waals surface area contributed by atoms with Gasteiger partial charge in [0.15, 0.2) is 0 Å². The lowest BCUT2D eigenvalue weighted by molar-refractivity contribution is -0.115. The summed E-state index contributed by atoms with van der Waals surface area (Å²) >= 11 is 0. The molecule has 0 radical (unpaired) electrons. The molecule has 0 bridgehead atoms. The third kappa shape index (κ3) is 4.62. The molecular weight excluding hydrogens is 371 g/mol. The van der Waals surface area contributed by atoms with Crippen molar-refractivity contribution in [3.63, 3.8) is 0 Å². The molecule has 0 aromatic carbocycles. The van der Waals surface area contributed by atoms with Crippen LogP contribution in [0.5, 0.6) is 0 Å². The highest BCUT2D eigenvalue weighted by Crippen LogP contribution is 2.18. The fraction of sp³-hybridized carbons (Fsp3) is 0.0476. The summed E-state index contributed by atoms with van der Waals surface area (Å²) in [5, 5.41) is 10.3. The minimum atomic E-state index is -0.381. The van der Waals surface area contributed by atoms with Gasteiger partial charge in [-0.3, -0.25) is 19.7 Å². The standard InChI is InChI=1S/C21H15FN6O/c22-16-6-7-23-20(10-16)19-4-2-17(13-25-19)28-21(29)9-14-1-3-18(24-11-14)15-5-8-26-27-12-15/h1-8,10-13H,9H2,(H,28,29). The second-order valence-corrected chi connectivity index (χ2v) is 6.20. The number of carbonyl (C=O) groups is 1. The molecule has 4 rings (SSSR count). The molecular formula is C21H15FN6O. The lowest BCUT2D eigenvalue weighted by Crippen LogP contribution is -2.14. The van der Waals surface area contributed by atoms with Crippen LogP contribution in [0.1, 0.15) is 5.56 Å². The van der Waals surface area contributed by atoms with Crippen LogP contribution in [0, 0.1) is 5.82 Å². The lowest BCUT2D eigenvalue weighted by Gasteiger charge is -2.07. The summed E-state index contributed by atoms with van der Waals surface area (Å²) in [6.07, 6.45) is 7.96. The summed E-state index contributed by atoms with van der Waals surface area (Å²) in [5.41, 5.74) is 3.89. The van der Waals surface area contributed by atoms with Crippen LogP contribution < -0.4 is 5.32 Å². The zero-order valence-electron chi connectivity index (χ0n) is 15.2. The smallest absolute Gasteiger partial charge is 0.228 e. The number of hydrogen-bond donors (Lipinski definition) is 1. The van der Waals surface area contributed by atoms with Crippen molar-refractivity contribution in [2.45, 2.75) is 6.42 Å². The number of rotatable bonds is 5. The summed E-state index contributed by atoms with van der Waals surface area (Å²) in [7, 11) is 0. The molecule has 0 fully saturated rings. The molecule has 7 nitrogen and oxygen atoms in total. The number of carbonyl (C=O) groups excluding carboxylic acids is 1. The van der Waals surface area contributed by atoms with Gasteiger partial charge in [-0.1, -0.05) is 6.07 Å². The fourth-order valence-corrected chi connectivity index (χ4v) is 2.70. The van der Waals surface area contributed by atoms with E-state index in [1.807, 2.05) is 18.2 Å².